The van der Waals surface area contributed by atoms with E-state index in [1.807, 2.05) is 11.6 Å². The third-order valence-corrected chi connectivity index (χ3v) is 4.05. The summed E-state index contributed by atoms with van der Waals surface area (Å²) in [6.45, 7) is 6.52. The first-order valence-electron chi connectivity index (χ1n) is 6.03. The van der Waals surface area contributed by atoms with Crippen molar-refractivity contribution in [3.8, 4) is 0 Å². The van der Waals surface area contributed by atoms with E-state index in [2.05, 4.69) is 29.4 Å². The molecule has 1 saturated carbocycles. The van der Waals surface area contributed by atoms with Gasteiger partial charge in [0.2, 0.25) is 0 Å². The minimum absolute atomic E-state index is 0.126. The van der Waals surface area contributed by atoms with Crippen LogP contribution in [0.15, 0.2) is 0 Å². The van der Waals surface area contributed by atoms with Crippen molar-refractivity contribution in [2.24, 2.45) is 11.8 Å². The van der Waals surface area contributed by atoms with Gasteiger partial charge in [-0.2, -0.15) is 0 Å². The van der Waals surface area contributed by atoms with Crippen LogP contribution < -0.4 is 0 Å². The molecular weight excluding hydrogens is 224 g/mol. The van der Waals surface area contributed by atoms with Crippen molar-refractivity contribution >= 4 is 11.6 Å². The maximum absolute atomic E-state index is 6.09. The average molecular weight is 243 g/mol. The molecule has 5 heteroatoms. The van der Waals surface area contributed by atoms with E-state index >= 15 is 0 Å². The predicted molar refractivity (Wildman–Crippen MR) is 63.3 cm³/mol. The van der Waals surface area contributed by atoms with E-state index < -0.39 is 0 Å². The molecule has 2 rings (SSSR count). The second-order valence-corrected chi connectivity index (χ2v) is 5.59. The molecule has 1 aliphatic rings. The molecule has 16 heavy (non-hydrogen) atoms. The second-order valence-electron chi connectivity index (χ2n) is 4.93. The van der Waals surface area contributed by atoms with E-state index in [-0.39, 0.29) is 5.38 Å². The summed E-state index contributed by atoms with van der Waals surface area (Å²) < 4.78 is 1.94. The van der Waals surface area contributed by atoms with Crippen LogP contribution >= 0.6 is 11.6 Å². The number of hydrogen-bond donors (Lipinski definition) is 0. The van der Waals surface area contributed by atoms with Crippen molar-refractivity contribution in [1.29, 1.82) is 0 Å². The van der Waals surface area contributed by atoms with E-state index in [1.165, 1.54) is 12.8 Å². The monoisotopic (exact) mass is 242 g/mol. The Labute approximate surface area is 101 Å². The Bertz CT molecular complexity index is 350. The van der Waals surface area contributed by atoms with Gasteiger partial charge in [0.15, 0.2) is 5.82 Å². The maximum atomic E-state index is 6.09. The zero-order chi connectivity index (χ0) is 11.7. The largest absolute Gasteiger partial charge is 0.225 e. The lowest BCUT2D eigenvalue weighted by Gasteiger charge is -2.34. The molecule has 0 amide bonds. The van der Waals surface area contributed by atoms with Crippen LogP contribution in [0.4, 0.5) is 0 Å². The first-order chi connectivity index (χ1) is 7.61. The lowest BCUT2D eigenvalue weighted by Crippen LogP contribution is -2.29. The molecule has 1 fully saturated rings. The van der Waals surface area contributed by atoms with Crippen molar-refractivity contribution in [3.63, 3.8) is 0 Å². The van der Waals surface area contributed by atoms with E-state index in [1.54, 1.807) is 0 Å². The molecule has 1 aromatic heterocycles. The number of halogens is 1. The van der Waals surface area contributed by atoms with Crippen LogP contribution in [0, 0.1) is 11.8 Å². The molecule has 1 aromatic rings. The summed E-state index contributed by atoms with van der Waals surface area (Å²) in [5.74, 6) is 2.15. The normalized spacial score (nSPS) is 32.6. The summed E-state index contributed by atoms with van der Waals surface area (Å²) in [4.78, 5) is 0. The third kappa shape index (κ3) is 2.08. The number of alkyl halides is 1. The van der Waals surface area contributed by atoms with Gasteiger partial charge in [-0.3, -0.25) is 0 Å². The Kier molecular flexibility index (Phi) is 3.47. The molecule has 0 spiro atoms. The Morgan fingerprint density at radius 1 is 1.38 bits per heavy atom. The minimum atomic E-state index is -0.126. The van der Waals surface area contributed by atoms with Gasteiger partial charge >= 0.3 is 0 Å². The number of rotatable bonds is 2. The lowest BCUT2D eigenvalue weighted by molar-refractivity contribution is 0.169. The number of hydrogen-bond acceptors (Lipinski definition) is 3. The van der Waals surface area contributed by atoms with Crippen LogP contribution in [0.3, 0.4) is 0 Å². The highest BCUT2D eigenvalue weighted by molar-refractivity contribution is 6.20. The van der Waals surface area contributed by atoms with E-state index in [0.29, 0.717) is 12.0 Å². The van der Waals surface area contributed by atoms with Crippen molar-refractivity contribution in [2.45, 2.75) is 51.5 Å². The number of aromatic nitrogens is 4. The summed E-state index contributed by atoms with van der Waals surface area (Å²) in [7, 11) is 0. The quantitative estimate of drug-likeness (QED) is 0.749. The zero-order valence-corrected chi connectivity index (χ0v) is 10.9. The molecule has 0 aromatic carbocycles. The van der Waals surface area contributed by atoms with Crippen molar-refractivity contribution in [1.82, 2.24) is 20.2 Å². The van der Waals surface area contributed by atoms with E-state index in [0.717, 1.165) is 18.2 Å². The van der Waals surface area contributed by atoms with Crippen LogP contribution in [-0.2, 0) is 0 Å². The number of nitrogens with zero attached hydrogens (tertiary/aromatic N) is 4. The van der Waals surface area contributed by atoms with Crippen LogP contribution in [0.1, 0.15) is 57.3 Å². The fraction of sp³-hybridized carbons (Fsp3) is 0.909. The summed E-state index contributed by atoms with van der Waals surface area (Å²) in [5.41, 5.74) is 0. The van der Waals surface area contributed by atoms with Gasteiger partial charge in [-0.25, -0.2) is 4.68 Å². The molecule has 4 nitrogen and oxygen atoms in total. The Balaban J connectivity index is 2.25. The van der Waals surface area contributed by atoms with Crippen LogP contribution in [-0.4, -0.2) is 20.2 Å². The van der Waals surface area contributed by atoms with Crippen molar-refractivity contribution in [2.75, 3.05) is 0 Å². The molecular formula is C11H19ClN4. The van der Waals surface area contributed by atoms with Crippen molar-refractivity contribution in [3.05, 3.63) is 5.82 Å². The molecule has 0 saturated heterocycles. The van der Waals surface area contributed by atoms with Gasteiger partial charge in [-0.1, -0.05) is 26.7 Å². The highest BCUT2D eigenvalue weighted by Gasteiger charge is 2.31. The van der Waals surface area contributed by atoms with Gasteiger partial charge in [0.25, 0.3) is 0 Å². The standard InChI is InChI=1S/C11H19ClN4/c1-7-5-4-6-10(8(7)2)16-11(9(3)12)13-14-15-16/h7-10H,4-6H2,1-3H3. The Morgan fingerprint density at radius 3 is 2.81 bits per heavy atom. The van der Waals surface area contributed by atoms with Gasteiger partial charge < -0.3 is 0 Å². The van der Waals surface area contributed by atoms with E-state index in [9.17, 15) is 0 Å². The smallest absolute Gasteiger partial charge is 0.169 e. The zero-order valence-electron chi connectivity index (χ0n) is 10.1. The van der Waals surface area contributed by atoms with Gasteiger partial charge in [0.1, 0.15) is 0 Å². The fourth-order valence-corrected chi connectivity index (χ4v) is 2.74. The summed E-state index contributed by atoms with van der Waals surface area (Å²) in [6, 6.07) is 0.412. The van der Waals surface area contributed by atoms with Crippen LogP contribution in [0.5, 0.6) is 0 Å². The minimum Gasteiger partial charge on any atom is -0.225 e. The molecule has 0 N–H and O–H groups in total. The molecule has 90 valence electrons. The first-order valence-corrected chi connectivity index (χ1v) is 6.46. The van der Waals surface area contributed by atoms with Gasteiger partial charge in [0, 0.05) is 0 Å². The van der Waals surface area contributed by atoms with E-state index in [4.69, 9.17) is 11.6 Å². The highest BCUT2D eigenvalue weighted by Crippen LogP contribution is 2.38. The summed E-state index contributed by atoms with van der Waals surface area (Å²) in [6.07, 6.45) is 3.73. The average Bonchev–Trinajstić information content (AvgIpc) is 2.70. The number of tetrazole rings is 1. The predicted octanol–water partition coefficient (Wildman–Crippen LogP) is 2.97. The molecule has 0 bridgehead atoms. The molecule has 4 atom stereocenters. The highest BCUT2D eigenvalue weighted by atomic mass is 35.5. The van der Waals surface area contributed by atoms with Gasteiger partial charge in [-0.05, 0) is 35.6 Å². The topological polar surface area (TPSA) is 43.6 Å². The lowest BCUT2D eigenvalue weighted by atomic mass is 9.78. The molecule has 1 aliphatic carbocycles. The molecule has 4 unspecified atom stereocenters. The summed E-state index contributed by atoms with van der Waals surface area (Å²) in [5, 5.41) is 11.8. The maximum Gasteiger partial charge on any atom is 0.169 e. The van der Waals surface area contributed by atoms with Crippen LogP contribution in [0.25, 0.3) is 0 Å². The van der Waals surface area contributed by atoms with Gasteiger partial charge in [-0.15, -0.1) is 16.7 Å². The molecule has 0 aliphatic heterocycles. The van der Waals surface area contributed by atoms with Crippen molar-refractivity contribution < 1.29 is 0 Å². The fourth-order valence-electron chi connectivity index (χ4n) is 2.60. The third-order valence-electron chi connectivity index (χ3n) is 3.85. The summed E-state index contributed by atoms with van der Waals surface area (Å²) >= 11 is 6.09. The van der Waals surface area contributed by atoms with Crippen LogP contribution in [0.2, 0.25) is 0 Å². The van der Waals surface area contributed by atoms with Gasteiger partial charge in [0.05, 0.1) is 11.4 Å². The Hall–Kier alpha value is -0.640. The second kappa shape index (κ2) is 4.70. The first kappa shape index (κ1) is 11.8. The SMILES string of the molecule is CC(Cl)c1nnnn1C1CCCC(C)C1C. The Morgan fingerprint density at radius 2 is 2.12 bits per heavy atom. The molecule has 0 radical (unpaired) electrons. The molecule has 1 heterocycles.